The van der Waals surface area contributed by atoms with E-state index >= 15 is 0 Å². The zero-order valence-corrected chi connectivity index (χ0v) is 19.7. The molecule has 0 aliphatic rings. The number of carbonyl (C=O) groups is 1. The van der Waals surface area contributed by atoms with Gasteiger partial charge in [0.25, 0.3) is 11.5 Å². The number of aryl methyl sites for hydroxylation is 2. The van der Waals surface area contributed by atoms with Gasteiger partial charge in [-0.1, -0.05) is 31.5 Å². The third-order valence-corrected chi connectivity index (χ3v) is 5.97. The fourth-order valence-electron chi connectivity index (χ4n) is 4.01. The lowest BCUT2D eigenvalue weighted by Gasteiger charge is -2.15. The van der Waals surface area contributed by atoms with E-state index in [1.54, 1.807) is 23.9 Å². The first-order valence-corrected chi connectivity index (χ1v) is 11.5. The Morgan fingerprint density at radius 3 is 2.65 bits per heavy atom. The van der Waals surface area contributed by atoms with Crippen LogP contribution in [0.2, 0.25) is 0 Å². The van der Waals surface area contributed by atoms with Crippen molar-refractivity contribution >= 4 is 22.6 Å². The van der Waals surface area contributed by atoms with E-state index in [1.165, 1.54) is 10.5 Å². The number of rotatable bonds is 8. The van der Waals surface area contributed by atoms with Gasteiger partial charge in [0.15, 0.2) is 0 Å². The normalized spacial score (nSPS) is 11.1. The molecule has 1 aromatic carbocycles. The number of benzene rings is 1. The van der Waals surface area contributed by atoms with Crippen LogP contribution in [-0.4, -0.2) is 33.5 Å². The highest BCUT2D eigenvalue weighted by molar-refractivity contribution is 5.96. The molecule has 3 aromatic heterocycles. The minimum atomic E-state index is -0.376. The molecule has 1 amide bonds. The van der Waals surface area contributed by atoms with Crippen molar-refractivity contribution in [2.45, 2.75) is 39.7 Å². The summed E-state index contributed by atoms with van der Waals surface area (Å²) in [5.41, 5.74) is 2.91. The van der Waals surface area contributed by atoms with E-state index in [0.717, 1.165) is 29.7 Å². The molecule has 0 radical (unpaired) electrons. The summed E-state index contributed by atoms with van der Waals surface area (Å²) in [5.74, 6) is 0.404. The first-order valence-electron chi connectivity index (χ1n) is 11.5. The zero-order chi connectivity index (χ0) is 24.2. The molecule has 4 rings (SSSR count). The highest BCUT2D eigenvalue weighted by Gasteiger charge is 2.17. The lowest BCUT2D eigenvalue weighted by molar-refractivity contribution is 0.0951. The maximum absolute atomic E-state index is 13.3. The third-order valence-electron chi connectivity index (χ3n) is 5.97. The second-order valence-corrected chi connectivity index (χ2v) is 8.30. The summed E-state index contributed by atoms with van der Waals surface area (Å²) >= 11 is 0. The standard InChI is InChI=1S/C26H29N5O3/c1-4-5-14-30-22(27)20(25(32)28-13-12-18-8-10-19(34-3)11-9-18)16-21-24(30)29-23-17(2)7-6-15-31(23)26(21)33/h6-11,15-16,27H,4-5,12-14H2,1-3H3,(H,28,32). The van der Waals surface area contributed by atoms with Crippen LogP contribution in [0.15, 0.2) is 53.5 Å². The minimum Gasteiger partial charge on any atom is -0.497 e. The van der Waals surface area contributed by atoms with Crippen molar-refractivity contribution in [2.24, 2.45) is 0 Å². The summed E-state index contributed by atoms with van der Waals surface area (Å²) in [6, 6.07) is 12.9. The summed E-state index contributed by atoms with van der Waals surface area (Å²) in [7, 11) is 1.62. The molecule has 0 fully saturated rings. The predicted octanol–water partition coefficient (Wildman–Crippen LogP) is 3.22. The number of ether oxygens (including phenoxy) is 1. The number of pyridine rings is 2. The molecule has 0 saturated carbocycles. The Labute approximate surface area is 197 Å². The number of hydrogen-bond donors (Lipinski definition) is 2. The number of nitrogens with one attached hydrogen (secondary N) is 2. The van der Waals surface area contributed by atoms with E-state index in [1.807, 2.05) is 37.3 Å². The Bertz CT molecular complexity index is 1470. The van der Waals surface area contributed by atoms with Crippen molar-refractivity contribution in [1.29, 1.82) is 5.41 Å². The molecule has 176 valence electrons. The van der Waals surface area contributed by atoms with Crippen LogP contribution in [0.1, 0.15) is 41.3 Å². The Morgan fingerprint density at radius 1 is 1.18 bits per heavy atom. The van der Waals surface area contributed by atoms with Gasteiger partial charge in [-0.3, -0.25) is 19.4 Å². The third kappa shape index (κ3) is 4.44. The molecule has 0 unspecified atom stereocenters. The second kappa shape index (κ2) is 9.91. The maximum Gasteiger partial charge on any atom is 0.267 e. The molecule has 3 heterocycles. The summed E-state index contributed by atoms with van der Waals surface area (Å²) in [6.45, 7) is 4.87. The van der Waals surface area contributed by atoms with E-state index in [9.17, 15) is 9.59 Å². The van der Waals surface area contributed by atoms with E-state index in [-0.39, 0.29) is 22.5 Å². The second-order valence-electron chi connectivity index (χ2n) is 8.30. The van der Waals surface area contributed by atoms with Crippen LogP contribution in [0, 0.1) is 12.3 Å². The van der Waals surface area contributed by atoms with Gasteiger partial charge in [-0.15, -0.1) is 0 Å². The fourth-order valence-corrected chi connectivity index (χ4v) is 4.01. The number of unbranched alkanes of at least 4 members (excludes halogenated alkanes) is 1. The molecule has 34 heavy (non-hydrogen) atoms. The Hall–Kier alpha value is -3.94. The molecule has 0 atom stereocenters. The average molecular weight is 460 g/mol. The van der Waals surface area contributed by atoms with Crippen molar-refractivity contribution in [3.63, 3.8) is 0 Å². The topological polar surface area (TPSA) is 101 Å². The molecule has 0 bridgehead atoms. The van der Waals surface area contributed by atoms with Gasteiger partial charge in [0.2, 0.25) is 0 Å². The van der Waals surface area contributed by atoms with Crippen LogP contribution in [0.3, 0.4) is 0 Å². The van der Waals surface area contributed by atoms with Gasteiger partial charge in [0.1, 0.15) is 22.5 Å². The summed E-state index contributed by atoms with van der Waals surface area (Å²) in [5, 5.41) is 12.0. The summed E-state index contributed by atoms with van der Waals surface area (Å²) < 4.78 is 8.36. The summed E-state index contributed by atoms with van der Waals surface area (Å²) in [6.07, 6.45) is 4.04. The summed E-state index contributed by atoms with van der Waals surface area (Å²) in [4.78, 5) is 31.1. The molecule has 0 aliphatic carbocycles. The van der Waals surface area contributed by atoms with Gasteiger partial charge in [0.05, 0.1) is 18.1 Å². The lowest BCUT2D eigenvalue weighted by atomic mass is 10.1. The van der Waals surface area contributed by atoms with Gasteiger partial charge >= 0.3 is 0 Å². The van der Waals surface area contributed by atoms with Crippen molar-refractivity contribution in [3.05, 3.63) is 81.2 Å². The average Bonchev–Trinajstić information content (AvgIpc) is 2.84. The number of nitrogens with zero attached hydrogens (tertiary/aromatic N) is 3. The number of amides is 1. The lowest BCUT2D eigenvalue weighted by Crippen LogP contribution is -2.35. The monoisotopic (exact) mass is 459 g/mol. The Morgan fingerprint density at radius 2 is 1.94 bits per heavy atom. The highest BCUT2D eigenvalue weighted by Crippen LogP contribution is 2.14. The zero-order valence-electron chi connectivity index (χ0n) is 19.7. The fraction of sp³-hybridized carbons (Fsp3) is 0.308. The first-order chi connectivity index (χ1) is 16.4. The number of carbonyl (C=O) groups excluding carboxylic acids is 1. The molecule has 0 saturated heterocycles. The van der Waals surface area contributed by atoms with E-state index in [0.29, 0.717) is 36.2 Å². The van der Waals surface area contributed by atoms with Crippen LogP contribution in [0.5, 0.6) is 5.75 Å². The molecular formula is C26H29N5O3. The van der Waals surface area contributed by atoms with Crippen LogP contribution >= 0.6 is 0 Å². The number of methoxy groups -OCH3 is 1. The van der Waals surface area contributed by atoms with Crippen LogP contribution in [0.25, 0.3) is 16.7 Å². The SMILES string of the molecule is CCCCn1c(=N)c(C(=O)NCCc2ccc(OC)cc2)cc2c(=O)n3cccc(C)c3nc21. The Balaban J connectivity index is 1.71. The quantitative estimate of drug-likeness (QED) is 0.395. The largest absolute Gasteiger partial charge is 0.497 e. The maximum atomic E-state index is 13.3. The first kappa shape index (κ1) is 23.2. The van der Waals surface area contributed by atoms with Gasteiger partial charge in [-0.05, 0) is 55.2 Å². The van der Waals surface area contributed by atoms with Gasteiger partial charge in [-0.2, -0.15) is 0 Å². The molecular weight excluding hydrogens is 430 g/mol. The van der Waals surface area contributed by atoms with Crippen molar-refractivity contribution < 1.29 is 9.53 Å². The molecule has 8 heteroatoms. The van der Waals surface area contributed by atoms with Gasteiger partial charge in [0, 0.05) is 19.3 Å². The minimum absolute atomic E-state index is 0.0627. The molecule has 2 N–H and O–H groups in total. The molecule has 8 nitrogen and oxygen atoms in total. The smallest absolute Gasteiger partial charge is 0.267 e. The van der Waals surface area contributed by atoms with Crippen molar-refractivity contribution in [3.8, 4) is 5.75 Å². The molecule has 0 aliphatic heterocycles. The van der Waals surface area contributed by atoms with Crippen LogP contribution in [0.4, 0.5) is 0 Å². The van der Waals surface area contributed by atoms with Crippen LogP contribution < -0.4 is 21.1 Å². The highest BCUT2D eigenvalue weighted by atomic mass is 16.5. The molecule has 4 aromatic rings. The Kier molecular flexibility index (Phi) is 6.77. The van der Waals surface area contributed by atoms with E-state index < -0.39 is 0 Å². The van der Waals surface area contributed by atoms with E-state index in [2.05, 4.69) is 12.2 Å². The van der Waals surface area contributed by atoms with Gasteiger partial charge in [-0.25, -0.2) is 4.98 Å². The number of hydrogen-bond acceptors (Lipinski definition) is 5. The van der Waals surface area contributed by atoms with Crippen molar-refractivity contribution in [1.82, 2.24) is 19.3 Å². The predicted molar refractivity (Wildman–Crippen MR) is 131 cm³/mol. The number of aromatic nitrogens is 3. The van der Waals surface area contributed by atoms with Crippen LogP contribution in [-0.2, 0) is 13.0 Å². The van der Waals surface area contributed by atoms with Gasteiger partial charge < -0.3 is 14.6 Å². The van der Waals surface area contributed by atoms with E-state index in [4.69, 9.17) is 15.1 Å². The van der Waals surface area contributed by atoms with Crippen molar-refractivity contribution in [2.75, 3.05) is 13.7 Å². The molecule has 0 spiro atoms. The number of fused-ring (bicyclic) bond motifs is 2.